The van der Waals surface area contributed by atoms with E-state index in [0.717, 1.165) is 11.3 Å². The molecule has 1 aromatic rings. The van der Waals surface area contributed by atoms with Crippen LogP contribution in [0.15, 0.2) is 35.0 Å². The van der Waals surface area contributed by atoms with Gasteiger partial charge in [-0.05, 0) is 30.7 Å². The quantitative estimate of drug-likeness (QED) is 0.843. The highest BCUT2D eigenvalue weighted by Gasteiger charge is 2.21. The Morgan fingerprint density at radius 1 is 1.36 bits per heavy atom. The van der Waals surface area contributed by atoms with E-state index >= 15 is 0 Å². The van der Waals surface area contributed by atoms with Crippen molar-refractivity contribution >= 4 is 34.9 Å². The third kappa shape index (κ3) is 4.36. The SMILES string of the molecule is CCOC(=O)CSC1=NC(=O)NC1=Cc1ccc(OC)cc1. The van der Waals surface area contributed by atoms with Crippen LogP contribution in [0.5, 0.6) is 5.75 Å². The number of aliphatic imine (C=N–C) groups is 1. The molecule has 0 saturated heterocycles. The number of nitrogens with one attached hydrogen (secondary N) is 1. The van der Waals surface area contributed by atoms with Crippen LogP contribution >= 0.6 is 11.8 Å². The summed E-state index contributed by atoms with van der Waals surface area (Å²) in [5.41, 5.74) is 1.46. The predicted molar refractivity (Wildman–Crippen MR) is 86.0 cm³/mol. The van der Waals surface area contributed by atoms with Gasteiger partial charge in [-0.1, -0.05) is 23.9 Å². The van der Waals surface area contributed by atoms with Crippen LogP contribution in [0.25, 0.3) is 6.08 Å². The number of hydrogen-bond donors (Lipinski definition) is 1. The van der Waals surface area contributed by atoms with Gasteiger partial charge >= 0.3 is 12.0 Å². The van der Waals surface area contributed by atoms with Crippen molar-refractivity contribution in [3.05, 3.63) is 35.5 Å². The van der Waals surface area contributed by atoms with E-state index in [-0.39, 0.29) is 11.7 Å². The zero-order valence-corrected chi connectivity index (χ0v) is 13.1. The smallest absolute Gasteiger partial charge is 0.346 e. The lowest BCUT2D eigenvalue weighted by Gasteiger charge is -2.04. The summed E-state index contributed by atoms with van der Waals surface area (Å²) in [6.07, 6.45) is 1.79. The lowest BCUT2D eigenvalue weighted by atomic mass is 10.2. The van der Waals surface area contributed by atoms with E-state index in [1.54, 1.807) is 20.1 Å². The number of amides is 2. The number of thioether (sulfide) groups is 1. The van der Waals surface area contributed by atoms with Crippen molar-refractivity contribution in [2.24, 2.45) is 4.99 Å². The van der Waals surface area contributed by atoms with Gasteiger partial charge in [0.2, 0.25) is 0 Å². The Balaban J connectivity index is 2.07. The van der Waals surface area contributed by atoms with E-state index in [1.807, 2.05) is 24.3 Å². The lowest BCUT2D eigenvalue weighted by molar-refractivity contribution is -0.139. The Labute approximate surface area is 132 Å². The van der Waals surface area contributed by atoms with E-state index in [2.05, 4.69) is 10.3 Å². The van der Waals surface area contributed by atoms with Crippen LogP contribution in [-0.4, -0.2) is 36.5 Å². The zero-order valence-electron chi connectivity index (χ0n) is 12.3. The van der Waals surface area contributed by atoms with Crippen LogP contribution in [0.1, 0.15) is 12.5 Å². The van der Waals surface area contributed by atoms with E-state index in [4.69, 9.17) is 9.47 Å². The van der Waals surface area contributed by atoms with Crippen molar-refractivity contribution in [3.8, 4) is 5.75 Å². The Bertz CT molecular complexity index is 623. The molecular weight excluding hydrogens is 304 g/mol. The van der Waals surface area contributed by atoms with Crippen molar-refractivity contribution < 1.29 is 19.1 Å². The van der Waals surface area contributed by atoms with E-state index in [0.29, 0.717) is 17.3 Å². The summed E-state index contributed by atoms with van der Waals surface area (Å²) in [4.78, 5) is 26.7. The van der Waals surface area contributed by atoms with E-state index in [1.165, 1.54) is 11.8 Å². The average molecular weight is 320 g/mol. The second-order valence-corrected chi connectivity index (χ2v) is 5.24. The molecule has 6 nitrogen and oxygen atoms in total. The first-order valence-electron chi connectivity index (χ1n) is 6.66. The van der Waals surface area contributed by atoms with Gasteiger partial charge in [0, 0.05) is 0 Å². The first-order valence-corrected chi connectivity index (χ1v) is 7.65. The third-order valence-electron chi connectivity index (χ3n) is 2.73. The first-order chi connectivity index (χ1) is 10.6. The van der Waals surface area contributed by atoms with Gasteiger partial charge in [-0.25, -0.2) is 4.79 Å². The lowest BCUT2D eigenvalue weighted by Crippen LogP contribution is -2.14. The summed E-state index contributed by atoms with van der Waals surface area (Å²) in [6.45, 7) is 2.08. The molecule has 1 heterocycles. The summed E-state index contributed by atoms with van der Waals surface area (Å²) in [6, 6.07) is 6.94. The van der Waals surface area contributed by atoms with Gasteiger partial charge in [0.1, 0.15) is 10.8 Å². The van der Waals surface area contributed by atoms with Crippen LogP contribution in [0, 0.1) is 0 Å². The van der Waals surface area contributed by atoms with Crippen LogP contribution in [-0.2, 0) is 9.53 Å². The summed E-state index contributed by atoms with van der Waals surface area (Å²) in [5.74, 6) is 0.531. The summed E-state index contributed by atoms with van der Waals surface area (Å²) in [5, 5.41) is 3.13. The molecule has 2 amide bonds. The Morgan fingerprint density at radius 2 is 2.09 bits per heavy atom. The van der Waals surface area contributed by atoms with Gasteiger partial charge in [-0.3, -0.25) is 4.79 Å². The summed E-state index contributed by atoms with van der Waals surface area (Å²) in [7, 11) is 1.60. The topological polar surface area (TPSA) is 77.0 Å². The Hall–Kier alpha value is -2.28. The van der Waals surface area contributed by atoms with Gasteiger partial charge in [-0.2, -0.15) is 4.99 Å². The van der Waals surface area contributed by atoms with Crippen LogP contribution in [0.2, 0.25) is 0 Å². The normalized spacial score (nSPS) is 15.5. The number of rotatable bonds is 5. The van der Waals surface area contributed by atoms with E-state index < -0.39 is 6.03 Å². The minimum atomic E-state index is -0.439. The van der Waals surface area contributed by atoms with Gasteiger partial charge in [0.15, 0.2) is 0 Å². The number of urea groups is 1. The maximum atomic E-state index is 11.4. The molecule has 1 aliphatic rings. The minimum Gasteiger partial charge on any atom is -0.497 e. The van der Waals surface area contributed by atoms with E-state index in [9.17, 15) is 9.59 Å². The number of carbonyl (C=O) groups is 2. The molecule has 0 unspecified atom stereocenters. The van der Waals surface area contributed by atoms with Crippen LogP contribution < -0.4 is 10.1 Å². The molecule has 0 radical (unpaired) electrons. The Morgan fingerprint density at radius 3 is 2.73 bits per heavy atom. The fourth-order valence-corrected chi connectivity index (χ4v) is 2.50. The monoisotopic (exact) mass is 320 g/mol. The number of hydrogen-bond acceptors (Lipinski definition) is 5. The highest BCUT2D eigenvalue weighted by molar-refractivity contribution is 8.15. The number of benzene rings is 1. The van der Waals surface area contributed by atoms with Crippen LogP contribution in [0.4, 0.5) is 4.79 Å². The number of esters is 1. The van der Waals surface area contributed by atoms with Crippen molar-refractivity contribution in [1.29, 1.82) is 0 Å². The minimum absolute atomic E-state index is 0.113. The number of ether oxygens (including phenoxy) is 2. The van der Waals surface area contributed by atoms with Crippen molar-refractivity contribution in [1.82, 2.24) is 5.32 Å². The molecule has 1 aromatic carbocycles. The van der Waals surface area contributed by atoms with Gasteiger partial charge in [-0.15, -0.1) is 0 Å². The predicted octanol–water partition coefficient (Wildman–Crippen LogP) is 2.45. The second-order valence-electron chi connectivity index (χ2n) is 4.27. The third-order valence-corrected chi connectivity index (χ3v) is 3.70. The molecule has 1 N–H and O–H groups in total. The largest absolute Gasteiger partial charge is 0.497 e. The fourth-order valence-electron chi connectivity index (χ4n) is 1.75. The first kappa shape index (κ1) is 16.1. The maximum Gasteiger partial charge on any atom is 0.346 e. The molecule has 0 bridgehead atoms. The summed E-state index contributed by atoms with van der Waals surface area (Å²) < 4.78 is 9.95. The summed E-state index contributed by atoms with van der Waals surface area (Å²) >= 11 is 1.17. The molecule has 7 heteroatoms. The highest BCUT2D eigenvalue weighted by atomic mass is 32.2. The molecule has 0 spiro atoms. The van der Waals surface area contributed by atoms with Gasteiger partial charge in [0.25, 0.3) is 0 Å². The number of carbonyl (C=O) groups excluding carboxylic acids is 2. The molecule has 2 rings (SSSR count). The molecule has 0 aromatic heterocycles. The molecule has 22 heavy (non-hydrogen) atoms. The zero-order chi connectivity index (χ0) is 15.9. The van der Waals surface area contributed by atoms with Crippen molar-refractivity contribution in [2.75, 3.05) is 19.5 Å². The Kier molecular flexibility index (Phi) is 5.60. The highest BCUT2D eigenvalue weighted by Crippen LogP contribution is 2.20. The van der Waals surface area contributed by atoms with Crippen molar-refractivity contribution in [2.45, 2.75) is 6.92 Å². The van der Waals surface area contributed by atoms with Gasteiger partial charge < -0.3 is 14.8 Å². The molecular formula is C15H16N2O4S. The molecule has 0 saturated carbocycles. The maximum absolute atomic E-state index is 11.4. The number of methoxy groups -OCH3 is 1. The van der Waals surface area contributed by atoms with Gasteiger partial charge in [0.05, 0.1) is 25.2 Å². The molecule has 1 aliphatic heterocycles. The fraction of sp³-hybridized carbons (Fsp3) is 0.267. The average Bonchev–Trinajstić information content (AvgIpc) is 2.86. The molecule has 0 fully saturated rings. The molecule has 0 aliphatic carbocycles. The van der Waals surface area contributed by atoms with Crippen LogP contribution in [0.3, 0.4) is 0 Å². The number of nitrogens with zero attached hydrogens (tertiary/aromatic N) is 1. The second kappa shape index (κ2) is 7.65. The molecule has 116 valence electrons. The molecule has 0 atom stereocenters. The standard InChI is InChI=1S/C15H16N2O4S/c1-3-21-13(18)9-22-14-12(16-15(19)17-14)8-10-4-6-11(20-2)7-5-10/h4-8H,3,9H2,1-2H3,(H,16,19). The van der Waals surface area contributed by atoms with Crippen molar-refractivity contribution in [3.63, 3.8) is 0 Å².